The maximum absolute atomic E-state index is 11.5. The molecular weight excluding hydrogens is 418 g/mol. The molecule has 4 rings (SSSR count). The van der Waals surface area contributed by atoms with Crippen molar-refractivity contribution in [2.45, 2.75) is 18.9 Å². The van der Waals surface area contributed by atoms with E-state index < -0.39 is 5.97 Å². The molecule has 6 heteroatoms. The van der Waals surface area contributed by atoms with Crippen LogP contribution in [0, 0.1) is 5.92 Å². The smallest absolute Gasteiger partial charge is 0.306 e. The van der Waals surface area contributed by atoms with Crippen LogP contribution in [0.15, 0.2) is 72.8 Å². The molecule has 0 radical (unpaired) electrons. The SMILES string of the molecule is COc1cccc(OC)c1C(c1cccc(Oc2ccccc2)c1)N1CCC(C(=O)O)CC1. The molecule has 0 amide bonds. The maximum Gasteiger partial charge on any atom is 0.306 e. The monoisotopic (exact) mass is 447 g/mol. The summed E-state index contributed by atoms with van der Waals surface area (Å²) < 4.78 is 17.6. The summed E-state index contributed by atoms with van der Waals surface area (Å²) in [5.74, 6) is 1.93. The van der Waals surface area contributed by atoms with E-state index in [1.54, 1.807) is 14.2 Å². The average Bonchev–Trinajstić information content (AvgIpc) is 2.85. The minimum atomic E-state index is -0.723. The van der Waals surface area contributed by atoms with Gasteiger partial charge < -0.3 is 19.3 Å². The van der Waals surface area contributed by atoms with Gasteiger partial charge in [-0.15, -0.1) is 0 Å². The Morgan fingerprint density at radius 1 is 0.879 bits per heavy atom. The molecule has 1 unspecified atom stereocenters. The Bertz CT molecular complexity index is 1050. The zero-order valence-electron chi connectivity index (χ0n) is 18.9. The summed E-state index contributed by atoms with van der Waals surface area (Å²) in [6.45, 7) is 1.32. The molecule has 1 aliphatic heterocycles. The zero-order valence-corrected chi connectivity index (χ0v) is 18.9. The number of carboxylic acid groups (broad SMARTS) is 1. The van der Waals surface area contributed by atoms with Gasteiger partial charge in [0.2, 0.25) is 0 Å². The second kappa shape index (κ2) is 10.4. The fourth-order valence-electron chi connectivity index (χ4n) is 4.49. The summed E-state index contributed by atoms with van der Waals surface area (Å²) in [6, 6.07) is 23.3. The number of hydrogen-bond donors (Lipinski definition) is 1. The van der Waals surface area contributed by atoms with Gasteiger partial charge in [-0.2, -0.15) is 0 Å². The number of carboxylic acids is 1. The Morgan fingerprint density at radius 2 is 1.48 bits per heavy atom. The Morgan fingerprint density at radius 3 is 2.09 bits per heavy atom. The van der Waals surface area contributed by atoms with Crippen molar-refractivity contribution in [2.24, 2.45) is 5.92 Å². The standard InChI is InChI=1S/C27H29NO5/c1-31-23-12-7-13-24(32-2)25(23)26(28-16-14-19(15-17-28)27(29)30)20-8-6-11-22(18-20)33-21-9-4-3-5-10-21/h3-13,18-19,26H,14-17H2,1-2H3,(H,29,30). The van der Waals surface area contributed by atoms with Crippen LogP contribution in [0.2, 0.25) is 0 Å². The van der Waals surface area contributed by atoms with Crippen molar-refractivity contribution in [3.05, 3.63) is 83.9 Å². The van der Waals surface area contributed by atoms with E-state index in [0.717, 1.165) is 34.1 Å². The number of rotatable bonds is 8. The van der Waals surface area contributed by atoms with Gasteiger partial charge in [-0.1, -0.05) is 36.4 Å². The topological polar surface area (TPSA) is 68.2 Å². The Balaban J connectivity index is 1.75. The minimum absolute atomic E-state index is 0.176. The summed E-state index contributed by atoms with van der Waals surface area (Å²) in [7, 11) is 3.31. The van der Waals surface area contributed by atoms with E-state index in [-0.39, 0.29) is 12.0 Å². The molecule has 3 aromatic rings. The third-order valence-corrected chi connectivity index (χ3v) is 6.14. The van der Waals surface area contributed by atoms with Crippen molar-refractivity contribution in [3.63, 3.8) is 0 Å². The number of para-hydroxylation sites is 1. The van der Waals surface area contributed by atoms with Crippen molar-refractivity contribution in [3.8, 4) is 23.0 Å². The second-order valence-corrected chi connectivity index (χ2v) is 8.11. The van der Waals surface area contributed by atoms with Gasteiger partial charge >= 0.3 is 5.97 Å². The first-order valence-corrected chi connectivity index (χ1v) is 11.1. The van der Waals surface area contributed by atoms with Crippen molar-refractivity contribution >= 4 is 5.97 Å². The Labute approximate surface area is 194 Å². The first-order chi connectivity index (χ1) is 16.1. The van der Waals surface area contributed by atoms with Crippen LogP contribution < -0.4 is 14.2 Å². The molecule has 3 aromatic carbocycles. The highest BCUT2D eigenvalue weighted by Crippen LogP contribution is 2.43. The van der Waals surface area contributed by atoms with E-state index in [2.05, 4.69) is 11.0 Å². The third kappa shape index (κ3) is 5.12. The van der Waals surface area contributed by atoms with E-state index in [0.29, 0.717) is 25.9 Å². The normalized spacial score (nSPS) is 15.6. The van der Waals surface area contributed by atoms with Crippen LogP contribution in [0.25, 0.3) is 0 Å². The molecule has 172 valence electrons. The maximum atomic E-state index is 11.5. The summed E-state index contributed by atoms with van der Waals surface area (Å²) in [5, 5.41) is 9.46. The molecule has 0 saturated carbocycles. The number of piperidine rings is 1. The van der Waals surface area contributed by atoms with Gasteiger partial charge in [0.1, 0.15) is 23.0 Å². The molecule has 1 fully saturated rings. The summed E-state index contributed by atoms with van der Waals surface area (Å²) in [5.41, 5.74) is 1.95. The lowest BCUT2D eigenvalue weighted by atomic mass is 9.90. The van der Waals surface area contributed by atoms with E-state index in [9.17, 15) is 9.90 Å². The fourth-order valence-corrected chi connectivity index (χ4v) is 4.49. The molecule has 1 heterocycles. The molecule has 1 N–H and O–H groups in total. The lowest BCUT2D eigenvalue weighted by Crippen LogP contribution is -2.39. The van der Waals surface area contributed by atoms with Crippen LogP contribution in [0.4, 0.5) is 0 Å². The molecule has 0 aliphatic carbocycles. The number of likely N-dealkylation sites (tertiary alicyclic amines) is 1. The van der Waals surface area contributed by atoms with Crippen LogP contribution in [0.3, 0.4) is 0 Å². The summed E-state index contributed by atoms with van der Waals surface area (Å²) in [6.07, 6.45) is 1.20. The number of aliphatic carboxylic acids is 1. The second-order valence-electron chi connectivity index (χ2n) is 8.11. The number of ether oxygens (including phenoxy) is 3. The molecule has 0 aromatic heterocycles. The van der Waals surface area contributed by atoms with Gasteiger partial charge in [0.25, 0.3) is 0 Å². The van der Waals surface area contributed by atoms with Gasteiger partial charge in [-0.3, -0.25) is 9.69 Å². The summed E-state index contributed by atoms with van der Waals surface area (Å²) in [4.78, 5) is 13.8. The number of methoxy groups -OCH3 is 2. The van der Waals surface area contributed by atoms with Crippen LogP contribution >= 0.6 is 0 Å². The highest BCUT2D eigenvalue weighted by molar-refractivity contribution is 5.70. The van der Waals surface area contributed by atoms with Crippen molar-refractivity contribution in [1.82, 2.24) is 4.90 Å². The van der Waals surface area contributed by atoms with Crippen LogP contribution in [0.5, 0.6) is 23.0 Å². The fraction of sp³-hybridized carbons (Fsp3) is 0.296. The van der Waals surface area contributed by atoms with Gasteiger partial charge in [0.05, 0.1) is 31.7 Å². The first kappa shape index (κ1) is 22.7. The number of nitrogens with zero attached hydrogens (tertiary/aromatic N) is 1. The van der Waals surface area contributed by atoms with E-state index >= 15 is 0 Å². The van der Waals surface area contributed by atoms with Crippen molar-refractivity contribution in [2.75, 3.05) is 27.3 Å². The summed E-state index contributed by atoms with van der Waals surface area (Å²) >= 11 is 0. The first-order valence-electron chi connectivity index (χ1n) is 11.1. The molecular formula is C27H29NO5. The number of benzene rings is 3. The van der Waals surface area contributed by atoms with Gasteiger partial charge in [0, 0.05) is 0 Å². The average molecular weight is 448 g/mol. The Kier molecular flexibility index (Phi) is 7.15. The molecule has 1 aliphatic rings. The van der Waals surface area contributed by atoms with Crippen LogP contribution in [-0.4, -0.2) is 43.3 Å². The minimum Gasteiger partial charge on any atom is -0.496 e. The highest BCUT2D eigenvalue weighted by atomic mass is 16.5. The van der Waals surface area contributed by atoms with Crippen molar-refractivity contribution < 1.29 is 24.1 Å². The van der Waals surface area contributed by atoms with Gasteiger partial charge in [-0.25, -0.2) is 0 Å². The van der Waals surface area contributed by atoms with Crippen LogP contribution in [0.1, 0.15) is 30.0 Å². The van der Waals surface area contributed by atoms with Crippen LogP contribution in [-0.2, 0) is 4.79 Å². The van der Waals surface area contributed by atoms with Gasteiger partial charge in [-0.05, 0) is 67.9 Å². The largest absolute Gasteiger partial charge is 0.496 e. The zero-order chi connectivity index (χ0) is 23.2. The Hall–Kier alpha value is -3.51. The van der Waals surface area contributed by atoms with E-state index in [1.165, 1.54) is 0 Å². The molecule has 1 atom stereocenters. The lowest BCUT2D eigenvalue weighted by molar-refractivity contribution is -0.143. The van der Waals surface area contributed by atoms with E-state index in [1.807, 2.05) is 66.7 Å². The quantitative estimate of drug-likeness (QED) is 0.500. The molecule has 6 nitrogen and oxygen atoms in total. The number of hydrogen-bond acceptors (Lipinski definition) is 5. The molecule has 1 saturated heterocycles. The number of carbonyl (C=O) groups is 1. The predicted molar refractivity (Wildman–Crippen MR) is 126 cm³/mol. The van der Waals surface area contributed by atoms with Gasteiger partial charge in [0.15, 0.2) is 0 Å². The molecule has 0 bridgehead atoms. The molecule has 33 heavy (non-hydrogen) atoms. The highest BCUT2D eigenvalue weighted by Gasteiger charge is 2.33. The van der Waals surface area contributed by atoms with Crippen molar-refractivity contribution in [1.29, 1.82) is 0 Å². The third-order valence-electron chi connectivity index (χ3n) is 6.14. The van der Waals surface area contributed by atoms with E-state index in [4.69, 9.17) is 14.2 Å². The lowest BCUT2D eigenvalue weighted by Gasteiger charge is -2.38. The molecule has 0 spiro atoms. The predicted octanol–water partition coefficient (Wildman–Crippen LogP) is 5.38.